The van der Waals surface area contributed by atoms with Gasteiger partial charge in [-0.2, -0.15) is 10.2 Å². The Kier molecular flexibility index (Phi) is 78.8. The maximum absolute atomic E-state index is 7.20. The third-order valence-electron chi connectivity index (χ3n) is 29.5. The molecular formula is C131H224N4O10. The molecule has 6 aromatic rings. The fourth-order valence-corrected chi connectivity index (χ4v) is 20.0. The zero-order valence-corrected chi connectivity index (χ0v) is 96.1. The van der Waals surface area contributed by atoms with Crippen molar-refractivity contribution in [1.82, 2.24) is 19.6 Å². The minimum absolute atomic E-state index is 0.230. The normalized spacial score (nSPS) is 11.5. The molecule has 6 rings (SSSR count). The van der Waals surface area contributed by atoms with E-state index in [-0.39, 0.29) is 6.67 Å². The van der Waals surface area contributed by atoms with Crippen LogP contribution < -0.4 is 47.4 Å². The molecule has 2 aromatic heterocycles. The minimum Gasteiger partial charge on any atom is -0.490 e. The molecule has 0 amide bonds. The summed E-state index contributed by atoms with van der Waals surface area (Å²) in [5, 5.41) is 11.9. The van der Waals surface area contributed by atoms with Crippen LogP contribution >= 0.6 is 0 Å². The zero-order valence-electron chi connectivity index (χ0n) is 96.1. The Morgan fingerprint density at radius 2 is 0.303 bits per heavy atom. The van der Waals surface area contributed by atoms with Gasteiger partial charge in [-0.05, 0) is 137 Å². The second-order valence-corrected chi connectivity index (χ2v) is 43.1. The van der Waals surface area contributed by atoms with Crippen LogP contribution in [-0.4, -0.2) is 85.6 Å². The molecule has 0 N–H and O–H groups in total. The Bertz CT molecular complexity index is 3620. The number of hydrogen-bond acceptors (Lipinski definition) is 12. The van der Waals surface area contributed by atoms with Gasteiger partial charge >= 0.3 is 0 Å². The van der Waals surface area contributed by atoms with E-state index < -0.39 is 0 Å². The molecule has 0 aliphatic heterocycles. The molecule has 0 saturated heterocycles. The summed E-state index contributed by atoms with van der Waals surface area (Å²) in [5.41, 5.74) is 7.14. The second-order valence-electron chi connectivity index (χ2n) is 43.1. The monoisotopic (exact) mass is 2010 g/mol. The van der Waals surface area contributed by atoms with Gasteiger partial charge in [-0.15, -0.1) is 0 Å². The largest absolute Gasteiger partial charge is 0.490 e. The average molecular weight is 2020 g/mol. The van der Waals surface area contributed by atoms with Crippen LogP contribution in [0.15, 0.2) is 72.8 Å². The van der Waals surface area contributed by atoms with Crippen LogP contribution in [0.25, 0.3) is 45.0 Å². The number of rotatable bonds is 106. The molecule has 0 unspecified atom stereocenters. The van der Waals surface area contributed by atoms with Gasteiger partial charge in [0.1, 0.15) is 6.67 Å². The molecular weight excluding hydrogens is 1790 g/mol. The van der Waals surface area contributed by atoms with Crippen molar-refractivity contribution in [2.75, 3.05) is 66.1 Å². The van der Waals surface area contributed by atoms with E-state index in [2.05, 4.69) is 151 Å². The summed E-state index contributed by atoms with van der Waals surface area (Å²) in [7, 11) is 0. The number of ether oxygens (including phenoxy) is 10. The van der Waals surface area contributed by atoms with Crippen molar-refractivity contribution in [3.63, 3.8) is 0 Å². The predicted octanol–water partition coefficient (Wildman–Crippen LogP) is 42.4. The fraction of sp³-hybridized carbons (Fsp3) is 0.771. The summed E-state index contributed by atoms with van der Waals surface area (Å²) in [5.74, 6) is 7.37. The van der Waals surface area contributed by atoms with Crippen LogP contribution in [0.1, 0.15) is 583 Å². The number of benzene rings is 4. The highest BCUT2D eigenvalue weighted by Gasteiger charge is 2.26. The summed E-state index contributed by atoms with van der Waals surface area (Å²) in [6, 6.07) is 26.7. The van der Waals surface area contributed by atoms with Crippen molar-refractivity contribution >= 4 is 0 Å². The number of aromatic nitrogens is 4. The van der Waals surface area contributed by atoms with Crippen LogP contribution in [0, 0.1) is 0 Å². The van der Waals surface area contributed by atoms with E-state index in [1.54, 1.807) is 0 Å². The Balaban J connectivity index is 1.67. The maximum Gasteiger partial charge on any atom is 0.203 e. The van der Waals surface area contributed by atoms with Gasteiger partial charge in [-0.25, -0.2) is 9.36 Å². The maximum atomic E-state index is 7.20. The Labute approximate surface area is 892 Å². The van der Waals surface area contributed by atoms with E-state index in [4.69, 9.17) is 57.6 Å². The number of hydrogen-bond donors (Lipinski definition) is 0. The molecule has 0 atom stereocenters. The lowest BCUT2D eigenvalue weighted by atomic mass is 10.1. The van der Waals surface area contributed by atoms with Crippen molar-refractivity contribution < 1.29 is 47.4 Å². The van der Waals surface area contributed by atoms with Crippen LogP contribution in [0.3, 0.4) is 0 Å². The third-order valence-corrected chi connectivity index (χ3v) is 29.5. The van der Waals surface area contributed by atoms with Crippen molar-refractivity contribution in [3.05, 3.63) is 72.8 Å². The Hall–Kier alpha value is -6.70. The first-order valence-corrected chi connectivity index (χ1v) is 62.9. The molecule has 0 spiro atoms. The molecule has 4 aromatic carbocycles. The fourth-order valence-electron chi connectivity index (χ4n) is 20.0. The van der Waals surface area contributed by atoms with Gasteiger partial charge in [-0.1, -0.05) is 519 Å². The van der Waals surface area contributed by atoms with Crippen LogP contribution in [0.4, 0.5) is 0 Å². The lowest BCUT2D eigenvalue weighted by molar-refractivity contribution is 0.234. The van der Waals surface area contributed by atoms with Gasteiger partial charge in [0.15, 0.2) is 46.0 Å². The van der Waals surface area contributed by atoms with Crippen LogP contribution in [0.5, 0.6) is 57.5 Å². The summed E-state index contributed by atoms with van der Waals surface area (Å²) < 4.78 is 75.5. The van der Waals surface area contributed by atoms with Gasteiger partial charge in [0.25, 0.3) is 0 Å². The van der Waals surface area contributed by atoms with Crippen LogP contribution in [-0.2, 0) is 6.67 Å². The molecule has 0 bridgehead atoms. The van der Waals surface area contributed by atoms with Crippen molar-refractivity contribution in [2.24, 2.45) is 0 Å². The lowest BCUT2D eigenvalue weighted by Gasteiger charge is -2.19. The van der Waals surface area contributed by atoms with Crippen molar-refractivity contribution in [3.8, 4) is 103 Å². The number of unbranched alkanes of at least 4 members (excludes halogenated alkanes) is 70. The van der Waals surface area contributed by atoms with Crippen LogP contribution in [0.2, 0.25) is 0 Å². The lowest BCUT2D eigenvalue weighted by Crippen LogP contribution is -2.14. The first-order chi connectivity index (χ1) is 71.8. The molecule has 145 heavy (non-hydrogen) atoms. The molecule has 2 heterocycles. The van der Waals surface area contributed by atoms with Gasteiger partial charge < -0.3 is 47.4 Å². The van der Waals surface area contributed by atoms with Gasteiger partial charge in [0.2, 0.25) is 11.5 Å². The van der Waals surface area contributed by atoms with Crippen molar-refractivity contribution in [1.29, 1.82) is 0 Å². The van der Waals surface area contributed by atoms with E-state index in [0.29, 0.717) is 101 Å². The third kappa shape index (κ3) is 59.6. The van der Waals surface area contributed by atoms with E-state index in [0.717, 1.165) is 196 Å². The first kappa shape index (κ1) is 127. The molecule has 0 saturated carbocycles. The quantitative estimate of drug-likeness (QED) is 0.0337. The SMILES string of the molecule is CCCCCCCCCCOc1ccc(-c2cc(-c3cc(OCCCCCCCCCC)c(OCCCCCCCCCC)c(OCCCCCCCCCC)c3)nn2Cn2nc(-c3cc(OCCCCCCCCCC)c(OCCCCCCCCCC)c(OCCCCCCCCCC)c3)cc2-c2ccc(OCCCCCCCCCC)c(OCCCCCCCCCC)c2)cc1OCCCCCCCCCC. The second kappa shape index (κ2) is 90.1. The highest BCUT2D eigenvalue weighted by molar-refractivity contribution is 5.76. The average Bonchev–Trinajstić information content (AvgIpc) is 1.63. The topological polar surface area (TPSA) is 128 Å². The van der Waals surface area contributed by atoms with E-state index in [1.165, 1.54) is 385 Å². The molecule has 828 valence electrons. The van der Waals surface area contributed by atoms with Gasteiger partial charge in [0.05, 0.1) is 88.8 Å². The summed E-state index contributed by atoms with van der Waals surface area (Å²) in [4.78, 5) is 0. The van der Waals surface area contributed by atoms with E-state index in [1.807, 2.05) is 0 Å². The summed E-state index contributed by atoms with van der Waals surface area (Å²) in [6.45, 7) is 29.3. The molecule has 0 radical (unpaired) electrons. The van der Waals surface area contributed by atoms with E-state index >= 15 is 0 Å². The smallest absolute Gasteiger partial charge is 0.203 e. The summed E-state index contributed by atoms with van der Waals surface area (Å²) >= 11 is 0. The molecule has 14 nitrogen and oxygen atoms in total. The number of nitrogens with zero attached hydrogens (tertiary/aromatic N) is 4. The first-order valence-electron chi connectivity index (χ1n) is 62.9. The molecule has 14 heteroatoms. The minimum atomic E-state index is 0.230. The molecule has 0 aliphatic carbocycles. The zero-order chi connectivity index (χ0) is 103. The van der Waals surface area contributed by atoms with Crippen molar-refractivity contribution in [2.45, 2.75) is 590 Å². The standard InChI is InChI=1S/C131H224N4O10/c1-11-21-31-41-51-61-71-81-95-136-122-93-91-114(105-124(122)138-97-83-73-63-53-43-33-23-13-3)120-111-118(116-107-126(140-99-85-75-65-55-45-35-25-15-5)130(144-103-89-79-69-59-49-39-29-19-9)127(108-116)141-100-86-76-66-56-46-36-26-16-6)132-134(120)113-135-121(115-92-94-123(137-96-82-72-62-52-42-32-22-12-2)125(106-115)139-98-84-74-64-54-44-34-24-14-4)112-119(133-135)117-109-128(142-101-87-77-67-57-47-37-27-17-7)131(145-104-90-80-70-60-50-40-30-20-10)129(110-117)143-102-88-78-68-58-48-38-28-18-8/h91-94,105-112H,11-90,95-104,113H2,1-10H3. The summed E-state index contributed by atoms with van der Waals surface area (Å²) in [6.07, 6.45) is 97.6. The predicted molar refractivity (Wildman–Crippen MR) is 623 cm³/mol. The highest BCUT2D eigenvalue weighted by Crippen LogP contribution is 2.47. The van der Waals surface area contributed by atoms with Gasteiger partial charge in [0, 0.05) is 22.3 Å². The molecule has 0 fully saturated rings. The van der Waals surface area contributed by atoms with Gasteiger partial charge in [-0.3, -0.25) is 0 Å². The Morgan fingerprint density at radius 3 is 0.490 bits per heavy atom. The highest BCUT2D eigenvalue weighted by atomic mass is 16.6. The van der Waals surface area contributed by atoms with E-state index in [9.17, 15) is 0 Å². The molecule has 0 aliphatic rings. The Morgan fingerprint density at radius 1 is 0.152 bits per heavy atom.